The molecule has 0 spiro atoms. The lowest BCUT2D eigenvalue weighted by atomic mass is 10.1. The van der Waals surface area contributed by atoms with E-state index in [0.29, 0.717) is 0 Å². The van der Waals surface area contributed by atoms with Gasteiger partial charge in [-0.1, -0.05) is 38.6 Å². The zero-order valence-electron chi connectivity index (χ0n) is 14.2. The highest BCUT2D eigenvalue weighted by molar-refractivity contribution is 7.98. The van der Waals surface area contributed by atoms with Gasteiger partial charge in [0.15, 0.2) is 0 Å². The molecule has 0 saturated carbocycles. The first-order valence-electron chi connectivity index (χ1n) is 7.67. The smallest absolute Gasteiger partial charge is 0.0718 e. The Labute approximate surface area is 135 Å². The van der Waals surface area contributed by atoms with Crippen molar-refractivity contribution in [2.24, 2.45) is 4.99 Å². The van der Waals surface area contributed by atoms with Crippen LogP contribution >= 0.6 is 11.8 Å². The summed E-state index contributed by atoms with van der Waals surface area (Å²) in [6.07, 6.45) is 6.44. The number of thioether (sulfide) groups is 1. The first-order chi connectivity index (χ1) is 10.2. The Kier molecular flexibility index (Phi) is 11.8. The summed E-state index contributed by atoms with van der Waals surface area (Å²) in [5.74, 6) is 1.23. The van der Waals surface area contributed by atoms with Crippen LogP contribution in [-0.4, -0.2) is 36.7 Å². The van der Waals surface area contributed by atoms with Gasteiger partial charge in [0.25, 0.3) is 0 Å². The molecule has 0 radical (unpaired) electrons. The molecule has 1 aromatic rings. The second-order valence-corrected chi connectivity index (χ2v) is 5.46. The summed E-state index contributed by atoms with van der Waals surface area (Å²) >= 11 is 1.91. The topological polar surface area (TPSA) is 15.6 Å². The van der Waals surface area contributed by atoms with E-state index in [0.717, 1.165) is 23.5 Å². The van der Waals surface area contributed by atoms with Crippen LogP contribution in [0.5, 0.6) is 0 Å². The maximum atomic E-state index is 4.40. The second-order valence-electron chi connectivity index (χ2n) is 4.47. The zero-order valence-corrected chi connectivity index (χ0v) is 15.0. The molecule has 0 aliphatic rings. The lowest BCUT2D eigenvalue weighted by Gasteiger charge is -2.22. The highest BCUT2D eigenvalue weighted by Crippen LogP contribution is 2.26. The van der Waals surface area contributed by atoms with E-state index in [1.54, 1.807) is 0 Å². The summed E-state index contributed by atoms with van der Waals surface area (Å²) in [6, 6.07) is 8.17. The Morgan fingerprint density at radius 1 is 1.29 bits per heavy atom. The van der Waals surface area contributed by atoms with E-state index in [1.807, 2.05) is 56.9 Å². The normalized spacial score (nSPS) is 10.1. The summed E-state index contributed by atoms with van der Waals surface area (Å²) < 4.78 is 0. The molecule has 0 amide bonds. The first-order valence-corrected chi connectivity index (χ1v) is 9.07. The maximum Gasteiger partial charge on any atom is 0.0718 e. The van der Waals surface area contributed by atoms with Gasteiger partial charge in [-0.2, -0.15) is 11.8 Å². The molecule has 0 bridgehead atoms. The predicted octanol–water partition coefficient (Wildman–Crippen LogP) is 5.48. The Morgan fingerprint density at radius 2 is 1.95 bits per heavy atom. The van der Waals surface area contributed by atoms with E-state index >= 15 is 0 Å². The number of benzene rings is 1. The largest absolute Gasteiger partial charge is 0.375 e. The van der Waals surface area contributed by atoms with E-state index in [4.69, 9.17) is 0 Å². The van der Waals surface area contributed by atoms with Crippen LogP contribution in [0.25, 0.3) is 5.70 Å². The average Bonchev–Trinajstić information content (AvgIpc) is 2.53. The predicted molar refractivity (Wildman–Crippen MR) is 101 cm³/mol. The minimum atomic E-state index is 0.992. The second kappa shape index (κ2) is 12.5. The lowest BCUT2D eigenvalue weighted by Crippen LogP contribution is -2.17. The molecular formula is C18H30N2S. The van der Waals surface area contributed by atoms with Gasteiger partial charge in [-0.3, -0.25) is 4.99 Å². The number of para-hydroxylation sites is 1. The van der Waals surface area contributed by atoms with Gasteiger partial charge in [0.1, 0.15) is 0 Å². The molecule has 0 fully saturated rings. The summed E-state index contributed by atoms with van der Waals surface area (Å²) in [4.78, 5) is 6.63. The fourth-order valence-corrected chi connectivity index (χ4v) is 2.40. The minimum absolute atomic E-state index is 0.992. The molecule has 0 N–H and O–H groups in total. The molecular weight excluding hydrogens is 276 g/mol. The van der Waals surface area contributed by atoms with Crippen LogP contribution in [0, 0.1) is 0 Å². The van der Waals surface area contributed by atoms with Crippen LogP contribution in [0.3, 0.4) is 0 Å². The Morgan fingerprint density at radius 3 is 2.57 bits per heavy atom. The molecule has 0 unspecified atom stereocenters. The van der Waals surface area contributed by atoms with Crippen molar-refractivity contribution in [1.82, 2.24) is 4.90 Å². The van der Waals surface area contributed by atoms with Gasteiger partial charge in [-0.05, 0) is 37.8 Å². The Hall–Kier alpha value is -1.22. The molecule has 0 saturated heterocycles. The molecule has 1 aromatic carbocycles. The summed E-state index contributed by atoms with van der Waals surface area (Å²) in [5.41, 5.74) is 3.16. The molecule has 0 atom stereocenters. The minimum Gasteiger partial charge on any atom is -0.375 e. The van der Waals surface area contributed by atoms with Crippen molar-refractivity contribution in [2.45, 2.75) is 33.6 Å². The number of hydrogen-bond acceptors (Lipinski definition) is 3. The standard InChI is InChI=1S/C16H24N2S.C2H6/c1-5-17-16-11-7-6-10-15(16)14(2)18(3)12-8-9-13-19-4;1-2/h5-7,10-11H,2,8-9,12-13H2,1,3-4H3;1-2H3. The fourth-order valence-electron chi connectivity index (χ4n) is 1.91. The van der Waals surface area contributed by atoms with Crippen LogP contribution in [-0.2, 0) is 0 Å². The van der Waals surface area contributed by atoms with E-state index in [2.05, 4.69) is 35.8 Å². The van der Waals surface area contributed by atoms with Crippen molar-refractivity contribution in [1.29, 1.82) is 0 Å². The van der Waals surface area contributed by atoms with Crippen molar-refractivity contribution >= 4 is 29.4 Å². The first kappa shape index (κ1) is 19.8. The summed E-state index contributed by atoms with van der Waals surface area (Å²) in [6.45, 7) is 11.2. The molecule has 0 aliphatic heterocycles. The van der Waals surface area contributed by atoms with Crippen LogP contribution in [0.1, 0.15) is 39.2 Å². The maximum absolute atomic E-state index is 4.40. The average molecular weight is 307 g/mol. The monoisotopic (exact) mass is 306 g/mol. The molecule has 2 nitrogen and oxygen atoms in total. The van der Waals surface area contributed by atoms with Crippen molar-refractivity contribution in [3.8, 4) is 0 Å². The number of hydrogen-bond donors (Lipinski definition) is 0. The van der Waals surface area contributed by atoms with Crippen LogP contribution < -0.4 is 0 Å². The molecule has 0 aliphatic carbocycles. The zero-order chi connectivity index (χ0) is 16.1. The van der Waals surface area contributed by atoms with Crippen LogP contribution in [0.4, 0.5) is 5.69 Å². The lowest BCUT2D eigenvalue weighted by molar-refractivity contribution is 0.465. The van der Waals surface area contributed by atoms with Gasteiger partial charge in [0.05, 0.1) is 5.69 Å². The van der Waals surface area contributed by atoms with Gasteiger partial charge in [-0.25, -0.2) is 0 Å². The van der Waals surface area contributed by atoms with Gasteiger partial charge >= 0.3 is 0 Å². The molecule has 0 aromatic heterocycles. The van der Waals surface area contributed by atoms with Crippen LogP contribution in [0.15, 0.2) is 35.8 Å². The molecule has 21 heavy (non-hydrogen) atoms. The third-order valence-corrected chi connectivity index (χ3v) is 3.73. The van der Waals surface area contributed by atoms with Crippen molar-refractivity contribution < 1.29 is 0 Å². The number of unbranched alkanes of at least 4 members (excludes halogenated alkanes) is 1. The Bertz CT molecular complexity index is 427. The molecule has 118 valence electrons. The summed E-state index contributed by atoms with van der Waals surface area (Å²) in [5, 5.41) is 0. The highest BCUT2D eigenvalue weighted by Gasteiger charge is 2.08. The third-order valence-electron chi connectivity index (χ3n) is 3.04. The molecule has 3 heteroatoms. The van der Waals surface area contributed by atoms with Gasteiger partial charge in [0, 0.05) is 31.1 Å². The van der Waals surface area contributed by atoms with E-state index in [-0.39, 0.29) is 0 Å². The number of rotatable bonds is 8. The van der Waals surface area contributed by atoms with Crippen molar-refractivity contribution in [3.05, 3.63) is 36.4 Å². The van der Waals surface area contributed by atoms with Crippen LogP contribution in [0.2, 0.25) is 0 Å². The van der Waals surface area contributed by atoms with Gasteiger partial charge < -0.3 is 4.90 Å². The third kappa shape index (κ3) is 7.37. The highest BCUT2D eigenvalue weighted by atomic mass is 32.2. The summed E-state index contributed by atoms with van der Waals surface area (Å²) in [7, 11) is 2.11. The SMILES string of the molecule is C=C(c1ccccc1N=CC)N(C)CCCCSC.CC. The number of nitrogens with zero attached hydrogens (tertiary/aromatic N) is 2. The quantitative estimate of drug-likeness (QED) is 0.467. The van der Waals surface area contributed by atoms with E-state index in [9.17, 15) is 0 Å². The van der Waals surface area contributed by atoms with E-state index < -0.39 is 0 Å². The fraction of sp³-hybridized carbons (Fsp3) is 0.500. The van der Waals surface area contributed by atoms with Crippen molar-refractivity contribution in [2.75, 3.05) is 25.6 Å². The molecule has 1 rings (SSSR count). The van der Waals surface area contributed by atoms with Gasteiger partial charge in [-0.15, -0.1) is 0 Å². The Balaban J connectivity index is 0.00000191. The van der Waals surface area contributed by atoms with Crippen molar-refractivity contribution in [3.63, 3.8) is 0 Å². The van der Waals surface area contributed by atoms with E-state index in [1.165, 1.54) is 18.6 Å². The van der Waals surface area contributed by atoms with Gasteiger partial charge in [0.2, 0.25) is 0 Å². The number of aliphatic imine (C=N–C) groups is 1. The molecule has 0 heterocycles.